The number of methoxy groups -OCH3 is 1. The lowest BCUT2D eigenvalue weighted by molar-refractivity contribution is -0.138. The standard InChI is InChI=1S/C24H32ClNO5/c1-23(2,3)9-7-16-5-6-17(11-19(16)25)24-12-21(27)26(10-8-22(28)29)13-18(24)20(14-30-4)31-15-24/h5-6,11,13,20H,7-10,12,14-15H2,1-4H3,(H,28,29)/t20?,24-/m0/s1. The SMILES string of the molecule is COCC1OC[C@]2(c3ccc(CCC(C)(C)C)c(Cl)c3)CC(=O)N(CCC(=O)O)C=C12. The number of ether oxygens (including phenoxy) is 2. The molecule has 2 atom stereocenters. The lowest BCUT2D eigenvalue weighted by Gasteiger charge is -2.37. The summed E-state index contributed by atoms with van der Waals surface area (Å²) in [6, 6.07) is 6.07. The molecule has 2 aliphatic heterocycles. The number of carbonyl (C=O) groups is 2. The number of nitrogens with zero attached hydrogens (tertiary/aromatic N) is 1. The van der Waals surface area contributed by atoms with Crippen molar-refractivity contribution in [3.8, 4) is 0 Å². The van der Waals surface area contributed by atoms with E-state index in [2.05, 4.69) is 32.9 Å². The van der Waals surface area contributed by atoms with Crippen molar-refractivity contribution in [3.63, 3.8) is 0 Å². The van der Waals surface area contributed by atoms with Crippen molar-refractivity contribution in [1.29, 1.82) is 0 Å². The van der Waals surface area contributed by atoms with Crippen LogP contribution in [-0.4, -0.2) is 54.9 Å². The molecule has 0 saturated carbocycles. The molecule has 0 bridgehead atoms. The highest BCUT2D eigenvalue weighted by atomic mass is 35.5. The number of aliphatic carboxylic acids is 1. The van der Waals surface area contributed by atoms with Crippen LogP contribution < -0.4 is 0 Å². The van der Waals surface area contributed by atoms with Crippen LogP contribution in [0.2, 0.25) is 5.02 Å². The van der Waals surface area contributed by atoms with Crippen LogP contribution in [0, 0.1) is 5.41 Å². The van der Waals surface area contributed by atoms with Gasteiger partial charge in [0.1, 0.15) is 6.10 Å². The fourth-order valence-corrected chi connectivity index (χ4v) is 4.56. The molecule has 0 aromatic heterocycles. The number of rotatable bonds is 8. The maximum atomic E-state index is 12.9. The van der Waals surface area contributed by atoms with Crippen molar-refractivity contribution in [3.05, 3.63) is 46.1 Å². The van der Waals surface area contributed by atoms with Gasteiger partial charge in [0.25, 0.3) is 0 Å². The summed E-state index contributed by atoms with van der Waals surface area (Å²) in [5.74, 6) is -1.05. The maximum Gasteiger partial charge on any atom is 0.305 e. The average Bonchev–Trinajstić information content (AvgIpc) is 3.03. The van der Waals surface area contributed by atoms with Gasteiger partial charge in [0.15, 0.2) is 0 Å². The molecule has 1 N–H and O–H groups in total. The zero-order valence-electron chi connectivity index (χ0n) is 18.7. The molecule has 1 aromatic carbocycles. The molecule has 1 saturated heterocycles. The molecule has 170 valence electrons. The van der Waals surface area contributed by atoms with Gasteiger partial charge in [-0.2, -0.15) is 0 Å². The van der Waals surface area contributed by atoms with Gasteiger partial charge in [-0.3, -0.25) is 9.59 Å². The lowest BCUT2D eigenvalue weighted by Crippen LogP contribution is -2.44. The van der Waals surface area contributed by atoms with Crippen molar-refractivity contribution >= 4 is 23.5 Å². The predicted octanol–water partition coefficient (Wildman–Crippen LogP) is 4.19. The van der Waals surface area contributed by atoms with Crippen molar-refractivity contribution < 1.29 is 24.2 Å². The smallest absolute Gasteiger partial charge is 0.305 e. The molecule has 1 aromatic rings. The van der Waals surface area contributed by atoms with E-state index in [-0.39, 0.29) is 36.8 Å². The quantitative estimate of drug-likeness (QED) is 0.643. The monoisotopic (exact) mass is 449 g/mol. The second-order valence-corrected chi connectivity index (χ2v) is 10.1. The van der Waals surface area contributed by atoms with E-state index in [1.807, 2.05) is 6.07 Å². The van der Waals surface area contributed by atoms with E-state index in [9.17, 15) is 9.59 Å². The molecule has 2 heterocycles. The molecule has 1 amide bonds. The fourth-order valence-electron chi connectivity index (χ4n) is 4.29. The van der Waals surface area contributed by atoms with Crippen molar-refractivity contribution in [2.24, 2.45) is 5.41 Å². The summed E-state index contributed by atoms with van der Waals surface area (Å²) in [4.78, 5) is 25.4. The number of hydrogen-bond acceptors (Lipinski definition) is 4. The van der Waals surface area contributed by atoms with Crippen LogP contribution in [0.25, 0.3) is 0 Å². The zero-order valence-corrected chi connectivity index (χ0v) is 19.5. The van der Waals surface area contributed by atoms with Crippen LogP contribution in [0.15, 0.2) is 30.0 Å². The van der Waals surface area contributed by atoms with Crippen molar-refractivity contribution in [2.75, 3.05) is 26.9 Å². The van der Waals surface area contributed by atoms with E-state index < -0.39 is 11.4 Å². The van der Waals surface area contributed by atoms with E-state index in [0.717, 1.165) is 29.5 Å². The van der Waals surface area contributed by atoms with Crippen LogP contribution in [0.4, 0.5) is 0 Å². The molecule has 7 heteroatoms. The van der Waals surface area contributed by atoms with Gasteiger partial charge in [-0.15, -0.1) is 0 Å². The van der Waals surface area contributed by atoms with Gasteiger partial charge >= 0.3 is 5.97 Å². The Morgan fingerprint density at radius 2 is 2.13 bits per heavy atom. The molecular formula is C24H32ClNO5. The van der Waals surface area contributed by atoms with Crippen molar-refractivity contribution in [2.45, 2.75) is 58.0 Å². The summed E-state index contributed by atoms with van der Waals surface area (Å²) >= 11 is 6.67. The van der Waals surface area contributed by atoms with E-state index in [1.165, 1.54) is 4.90 Å². The Morgan fingerprint density at radius 1 is 1.39 bits per heavy atom. The Bertz CT molecular complexity index is 875. The van der Waals surface area contributed by atoms with E-state index in [1.54, 1.807) is 13.3 Å². The second-order valence-electron chi connectivity index (χ2n) is 9.70. The first kappa shape index (κ1) is 23.8. The number of benzene rings is 1. The van der Waals surface area contributed by atoms with Gasteiger partial charge in [-0.25, -0.2) is 0 Å². The summed E-state index contributed by atoms with van der Waals surface area (Å²) in [6.07, 6.45) is 3.52. The summed E-state index contributed by atoms with van der Waals surface area (Å²) in [7, 11) is 1.61. The zero-order chi connectivity index (χ0) is 22.8. The van der Waals surface area contributed by atoms with Crippen LogP contribution >= 0.6 is 11.6 Å². The van der Waals surface area contributed by atoms with Crippen LogP contribution in [-0.2, 0) is 30.9 Å². The Balaban J connectivity index is 1.94. The molecule has 0 radical (unpaired) electrons. The van der Waals surface area contributed by atoms with Crippen LogP contribution in [0.1, 0.15) is 51.2 Å². The lowest BCUT2D eigenvalue weighted by atomic mass is 9.70. The average molecular weight is 450 g/mol. The Kier molecular flexibility index (Phi) is 7.14. The highest BCUT2D eigenvalue weighted by Gasteiger charge is 2.51. The highest BCUT2D eigenvalue weighted by Crippen LogP contribution is 2.47. The first-order chi connectivity index (χ1) is 14.6. The molecule has 0 spiro atoms. The number of aryl methyl sites for hydroxylation is 1. The highest BCUT2D eigenvalue weighted by molar-refractivity contribution is 6.31. The minimum absolute atomic E-state index is 0.105. The molecule has 0 aliphatic carbocycles. The largest absolute Gasteiger partial charge is 0.481 e. The minimum atomic E-state index is -0.934. The van der Waals surface area contributed by atoms with Gasteiger partial charge in [-0.05, 0) is 41.0 Å². The molecule has 3 rings (SSSR count). The molecule has 6 nitrogen and oxygen atoms in total. The van der Waals surface area contributed by atoms with Gasteiger partial charge in [0.2, 0.25) is 5.91 Å². The summed E-state index contributed by atoms with van der Waals surface area (Å²) in [5, 5.41) is 9.72. The third-order valence-corrected chi connectivity index (χ3v) is 6.49. The number of fused-ring (bicyclic) bond motifs is 1. The van der Waals surface area contributed by atoms with Crippen LogP contribution in [0.5, 0.6) is 0 Å². The first-order valence-corrected chi connectivity index (χ1v) is 11.1. The predicted molar refractivity (Wildman–Crippen MR) is 119 cm³/mol. The normalized spacial score (nSPS) is 23.6. The molecule has 1 fully saturated rings. The molecule has 31 heavy (non-hydrogen) atoms. The number of amides is 1. The third kappa shape index (κ3) is 5.30. The minimum Gasteiger partial charge on any atom is -0.481 e. The fraction of sp³-hybridized carbons (Fsp3) is 0.583. The molecular weight excluding hydrogens is 418 g/mol. The van der Waals surface area contributed by atoms with Gasteiger partial charge in [0, 0.05) is 31.3 Å². The Morgan fingerprint density at radius 3 is 2.74 bits per heavy atom. The van der Waals surface area contributed by atoms with Gasteiger partial charge in [0.05, 0.1) is 25.0 Å². The van der Waals surface area contributed by atoms with Crippen molar-refractivity contribution in [1.82, 2.24) is 4.90 Å². The summed E-state index contributed by atoms with van der Waals surface area (Å²) in [6.45, 7) is 7.50. The topological polar surface area (TPSA) is 76.1 Å². The van der Waals surface area contributed by atoms with E-state index in [0.29, 0.717) is 18.2 Å². The number of carboxylic acids is 1. The number of halogens is 1. The number of carboxylic acid groups (broad SMARTS) is 1. The summed E-state index contributed by atoms with van der Waals surface area (Å²) < 4.78 is 11.4. The van der Waals surface area contributed by atoms with E-state index >= 15 is 0 Å². The van der Waals surface area contributed by atoms with Gasteiger partial charge in [-0.1, -0.05) is 44.5 Å². The molecule has 1 unspecified atom stereocenters. The summed E-state index contributed by atoms with van der Waals surface area (Å²) in [5.41, 5.74) is 2.61. The maximum absolute atomic E-state index is 12.9. The van der Waals surface area contributed by atoms with Gasteiger partial charge < -0.3 is 19.5 Å². The van der Waals surface area contributed by atoms with E-state index in [4.69, 9.17) is 26.2 Å². The molecule has 2 aliphatic rings. The Hall–Kier alpha value is -1.89. The number of hydrogen-bond donors (Lipinski definition) is 1. The Labute approximate surface area is 189 Å². The van der Waals surface area contributed by atoms with Crippen LogP contribution in [0.3, 0.4) is 0 Å². The number of carbonyl (C=O) groups excluding carboxylic acids is 1. The first-order valence-electron chi connectivity index (χ1n) is 10.7. The third-order valence-electron chi connectivity index (χ3n) is 6.13. The second kappa shape index (κ2) is 9.31.